The van der Waals surface area contributed by atoms with Crippen molar-refractivity contribution in [3.8, 4) is 0 Å². The van der Waals surface area contributed by atoms with Crippen molar-refractivity contribution in [3.05, 3.63) is 42.5 Å². The van der Waals surface area contributed by atoms with E-state index in [0.29, 0.717) is 6.54 Å². The molecule has 2 rings (SSSR count). The van der Waals surface area contributed by atoms with E-state index in [1.54, 1.807) is 0 Å². The molecule has 2 aromatic carbocycles. The molecular weight excluding hydrogens is 214 g/mol. The molecule has 5 N–H and O–H groups in total. The van der Waals surface area contributed by atoms with Gasteiger partial charge in [0.1, 0.15) is 6.04 Å². The Labute approximate surface area is 99.6 Å². The third-order valence-electron chi connectivity index (χ3n) is 2.64. The SMILES string of the molecule is NC(=O)C(N)CNc1ccc2ccccc2c1. The maximum Gasteiger partial charge on any atom is 0.236 e. The van der Waals surface area contributed by atoms with Crippen LogP contribution in [-0.4, -0.2) is 18.5 Å². The fraction of sp³-hybridized carbons (Fsp3) is 0.154. The quantitative estimate of drug-likeness (QED) is 0.733. The molecule has 0 bridgehead atoms. The van der Waals surface area contributed by atoms with Crippen molar-refractivity contribution in [2.24, 2.45) is 11.5 Å². The zero-order valence-corrected chi connectivity index (χ0v) is 9.39. The molecule has 1 unspecified atom stereocenters. The van der Waals surface area contributed by atoms with E-state index in [4.69, 9.17) is 11.5 Å². The highest BCUT2D eigenvalue weighted by molar-refractivity contribution is 5.86. The number of anilines is 1. The number of primary amides is 1. The molecule has 0 aliphatic carbocycles. The van der Waals surface area contributed by atoms with Crippen molar-refractivity contribution in [1.82, 2.24) is 0 Å². The number of benzene rings is 2. The van der Waals surface area contributed by atoms with Gasteiger partial charge in [-0.05, 0) is 22.9 Å². The van der Waals surface area contributed by atoms with Gasteiger partial charge in [-0.1, -0.05) is 30.3 Å². The molecule has 2 aromatic rings. The second-order valence-corrected chi connectivity index (χ2v) is 3.95. The number of nitrogens with one attached hydrogen (secondary N) is 1. The predicted octanol–water partition coefficient (Wildman–Crippen LogP) is 1.06. The minimum atomic E-state index is -0.665. The molecule has 0 saturated heterocycles. The van der Waals surface area contributed by atoms with E-state index < -0.39 is 11.9 Å². The number of amides is 1. The Morgan fingerprint density at radius 3 is 2.59 bits per heavy atom. The maximum atomic E-state index is 10.8. The molecule has 0 aromatic heterocycles. The minimum absolute atomic E-state index is 0.341. The molecule has 0 spiro atoms. The average molecular weight is 229 g/mol. The summed E-state index contributed by atoms with van der Waals surface area (Å²) in [5, 5.41) is 5.41. The van der Waals surface area contributed by atoms with Gasteiger partial charge in [-0.2, -0.15) is 0 Å². The first-order chi connectivity index (χ1) is 8.16. The molecule has 0 aliphatic rings. The van der Waals surface area contributed by atoms with Crippen molar-refractivity contribution in [1.29, 1.82) is 0 Å². The molecule has 0 fully saturated rings. The van der Waals surface area contributed by atoms with Crippen LogP contribution < -0.4 is 16.8 Å². The summed E-state index contributed by atoms with van der Waals surface area (Å²) >= 11 is 0. The lowest BCUT2D eigenvalue weighted by Crippen LogP contribution is -2.41. The van der Waals surface area contributed by atoms with Crippen LogP contribution in [0, 0.1) is 0 Å². The Balaban J connectivity index is 2.12. The van der Waals surface area contributed by atoms with Crippen LogP contribution in [0.2, 0.25) is 0 Å². The first kappa shape index (κ1) is 11.4. The van der Waals surface area contributed by atoms with E-state index in [0.717, 1.165) is 11.1 Å². The highest BCUT2D eigenvalue weighted by Crippen LogP contribution is 2.18. The lowest BCUT2D eigenvalue weighted by molar-refractivity contribution is -0.118. The summed E-state index contributed by atoms with van der Waals surface area (Å²) in [6.07, 6.45) is 0. The van der Waals surface area contributed by atoms with E-state index in [9.17, 15) is 4.79 Å². The summed E-state index contributed by atoms with van der Waals surface area (Å²) in [5.41, 5.74) is 11.6. The molecule has 0 aliphatic heterocycles. The molecule has 4 nitrogen and oxygen atoms in total. The summed E-state index contributed by atoms with van der Waals surface area (Å²) < 4.78 is 0. The van der Waals surface area contributed by atoms with Crippen LogP contribution in [0.5, 0.6) is 0 Å². The molecular formula is C13H15N3O. The van der Waals surface area contributed by atoms with Crippen LogP contribution in [0.25, 0.3) is 10.8 Å². The minimum Gasteiger partial charge on any atom is -0.383 e. The fourth-order valence-electron chi connectivity index (χ4n) is 1.63. The van der Waals surface area contributed by atoms with Crippen molar-refractivity contribution in [2.45, 2.75) is 6.04 Å². The van der Waals surface area contributed by atoms with Gasteiger partial charge in [0.2, 0.25) is 5.91 Å². The van der Waals surface area contributed by atoms with E-state index >= 15 is 0 Å². The number of carbonyl (C=O) groups is 1. The van der Waals surface area contributed by atoms with Gasteiger partial charge >= 0.3 is 0 Å². The average Bonchev–Trinajstić information content (AvgIpc) is 2.35. The Kier molecular flexibility index (Phi) is 3.25. The van der Waals surface area contributed by atoms with Crippen molar-refractivity contribution in [2.75, 3.05) is 11.9 Å². The van der Waals surface area contributed by atoms with E-state index in [1.807, 2.05) is 42.5 Å². The Morgan fingerprint density at radius 1 is 1.18 bits per heavy atom. The highest BCUT2D eigenvalue weighted by atomic mass is 16.1. The van der Waals surface area contributed by atoms with Gasteiger partial charge in [0.25, 0.3) is 0 Å². The summed E-state index contributed by atoms with van der Waals surface area (Å²) in [6, 6.07) is 13.4. The molecule has 1 atom stereocenters. The van der Waals surface area contributed by atoms with Crippen molar-refractivity contribution in [3.63, 3.8) is 0 Å². The maximum absolute atomic E-state index is 10.8. The second-order valence-electron chi connectivity index (χ2n) is 3.95. The van der Waals surface area contributed by atoms with E-state index in [-0.39, 0.29) is 0 Å². The monoisotopic (exact) mass is 229 g/mol. The Bertz CT molecular complexity index is 539. The number of hydrogen-bond donors (Lipinski definition) is 3. The third-order valence-corrected chi connectivity index (χ3v) is 2.64. The van der Waals surface area contributed by atoms with Gasteiger partial charge in [-0.3, -0.25) is 4.79 Å². The lowest BCUT2D eigenvalue weighted by atomic mass is 10.1. The number of nitrogens with two attached hydrogens (primary N) is 2. The lowest BCUT2D eigenvalue weighted by Gasteiger charge is -2.11. The van der Waals surface area contributed by atoms with Crippen LogP contribution in [-0.2, 0) is 4.79 Å². The molecule has 0 heterocycles. The van der Waals surface area contributed by atoms with E-state index in [1.165, 1.54) is 5.39 Å². The van der Waals surface area contributed by atoms with E-state index in [2.05, 4.69) is 5.32 Å². The van der Waals surface area contributed by atoms with Crippen molar-refractivity contribution >= 4 is 22.4 Å². The van der Waals surface area contributed by atoms with Crippen LogP contribution in [0.15, 0.2) is 42.5 Å². The topological polar surface area (TPSA) is 81.1 Å². The number of rotatable bonds is 4. The smallest absolute Gasteiger partial charge is 0.236 e. The third kappa shape index (κ3) is 2.73. The first-order valence-corrected chi connectivity index (χ1v) is 5.44. The molecule has 17 heavy (non-hydrogen) atoms. The molecule has 88 valence electrons. The van der Waals surface area contributed by atoms with Gasteiger partial charge < -0.3 is 16.8 Å². The van der Waals surface area contributed by atoms with Crippen LogP contribution in [0.3, 0.4) is 0 Å². The van der Waals surface area contributed by atoms with Gasteiger partial charge in [0.05, 0.1) is 0 Å². The first-order valence-electron chi connectivity index (χ1n) is 5.44. The van der Waals surface area contributed by atoms with Gasteiger partial charge in [0.15, 0.2) is 0 Å². The molecule has 1 amide bonds. The summed E-state index contributed by atoms with van der Waals surface area (Å²) in [7, 11) is 0. The zero-order valence-electron chi connectivity index (χ0n) is 9.39. The largest absolute Gasteiger partial charge is 0.383 e. The van der Waals surface area contributed by atoms with Gasteiger partial charge in [-0.15, -0.1) is 0 Å². The molecule has 0 radical (unpaired) electrons. The van der Waals surface area contributed by atoms with Crippen LogP contribution in [0.1, 0.15) is 0 Å². The summed E-state index contributed by atoms with van der Waals surface area (Å²) in [5.74, 6) is -0.502. The molecule has 4 heteroatoms. The highest BCUT2D eigenvalue weighted by Gasteiger charge is 2.08. The van der Waals surface area contributed by atoms with Gasteiger partial charge in [0, 0.05) is 12.2 Å². The fourth-order valence-corrected chi connectivity index (χ4v) is 1.63. The molecule has 0 saturated carbocycles. The number of fused-ring (bicyclic) bond motifs is 1. The normalized spacial score (nSPS) is 12.3. The van der Waals surface area contributed by atoms with Gasteiger partial charge in [-0.25, -0.2) is 0 Å². The predicted molar refractivity (Wildman–Crippen MR) is 69.6 cm³/mol. The standard InChI is InChI=1S/C13H15N3O/c14-12(13(15)17)8-16-11-6-5-9-3-1-2-4-10(9)7-11/h1-7,12,16H,8,14H2,(H2,15,17). The summed E-state index contributed by atoms with van der Waals surface area (Å²) in [4.78, 5) is 10.8. The van der Waals surface area contributed by atoms with Crippen molar-refractivity contribution < 1.29 is 4.79 Å². The summed E-state index contributed by atoms with van der Waals surface area (Å²) in [6.45, 7) is 0.341. The Hall–Kier alpha value is -2.07. The Morgan fingerprint density at radius 2 is 1.88 bits per heavy atom. The zero-order chi connectivity index (χ0) is 12.3. The van der Waals surface area contributed by atoms with Crippen LogP contribution >= 0.6 is 0 Å². The van der Waals surface area contributed by atoms with Crippen LogP contribution in [0.4, 0.5) is 5.69 Å². The number of hydrogen-bond acceptors (Lipinski definition) is 3. The second kappa shape index (κ2) is 4.84. The number of carbonyl (C=O) groups excluding carboxylic acids is 1.